The Hall–Kier alpha value is -2.25. The highest BCUT2D eigenvalue weighted by Crippen LogP contribution is 2.14. The van der Waals surface area contributed by atoms with Crippen LogP contribution in [0.1, 0.15) is 13.3 Å². The van der Waals surface area contributed by atoms with Crippen LogP contribution in [-0.4, -0.2) is 27.8 Å². The molecular formula is C14H16F3N3O2. The van der Waals surface area contributed by atoms with Crippen LogP contribution in [0.2, 0.25) is 0 Å². The molecule has 1 heterocycles. The van der Waals surface area contributed by atoms with Crippen LogP contribution in [0.4, 0.5) is 13.2 Å². The van der Waals surface area contributed by atoms with Crippen molar-refractivity contribution in [3.8, 4) is 0 Å². The van der Waals surface area contributed by atoms with Gasteiger partial charge in [-0.3, -0.25) is 13.9 Å². The molecule has 0 saturated heterocycles. The third kappa shape index (κ3) is 3.49. The molecule has 1 aromatic carbocycles. The fraction of sp³-hybridized carbons (Fsp3) is 0.429. The largest absolute Gasteiger partial charge is 0.405 e. The van der Waals surface area contributed by atoms with E-state index in [2.05, 4.69) is 0 Å². The fourth-order valence-electron chi connectivity index (χ4n) is 2.29. The van der Waals surface area contributed by atoms with Crippen molar-refractivity contribution in [1.29, 1.82) is 0 Å². The third-order valence-electron chi connectivity index (χ3n) is 3.29. The quantitative estimate of drug-likeness (QED) is 0.916. The van der Waals surface area contributed by atoms with Crippen molar-refractivity contribution in [2.75, 3.05) is 6.54 Å². The Bertz CT molecular complexity index is 731. The summed E-state index contributed by atoms with van der Waals surface area (Å²) in [6.45, 7) is 0.980. The Morgan fingerprint density at radius 1 is 1.18 bits per heavy atom. The second-order valence-corrected chi connectivity index (χ2v) is 4.81. The molecule has 0 aliphatic rings. The summed E-state index contributed by atoms with van der Waals surface area (Å²) in [5.41, 5.74) is 1.14. The summed E-state index contributed by atoms with van der Waals surface area (Å²) in [6.07, 6.45) is -4.63. The Morgan fingerprint density at radius 3 is 2.32 bits per heavy atom. The first-order valence-electron chi connectivity index (χ1n) is 6.85. The number of alkyl halides is 3. The minimum absolute atomic E-state index is 0.0377. The van der Waals surface area contributed by atoms with Gasteiger partial charge in [-0.2, -0.15) is 13.2 Å². The molecule has 0 aliphatic carbocycles. The second-order valence-electron chi connectivity index (χ2n) is 4.81. The van der Waals surface area contributed by atoms with E-state index in [4.69, 9.17) is 0 Å². The maximum atomic E-state index is 12.3. The SMILES string of the molecule is CCn1c(=O)n(CCC(=O)NCC(F)(F)F)c2ccccc21. The molecule has 0 unspecified atom stereocenters. The summed E-state index contributed by atoms with van der Waals surface area (Å²) in [5.74, 6) is -0.738. The summed E-state index contributed by atoms with van der Waals surface area (Å²) in [5, 5.41) is 1.80. The van der Waals surface area contributed by atoms with Gasteiger partial charge in [0.2, 0.25) is 5.91 Å². The summed E-state index contributed by atoms with van der Waals surface area (Å²) in [4.78, 5) is 23.7. The van der Waals surface area contributed by atoms with Gasteiger partial charge in [0.1, 0.15) is 6.54 Å². The van der Waals surface area contributed by atoms with Crippen molar-refractivity contribution in [2.45, 2.75) is 32.6 Å². The first kappa shape index (κ1) is 16.1. The normalized spacial score (nSPS) is 11.8. The number of imidazole rings is 1. The van der Waals surface area contributed by atoms with Gasteiger partial charge in [0.05, 0.1) is 11.0 Å². The molecule has 22 heavy (non-hydrogen) atoms. The van der Waals surface area contributed by atoms with Crippen LogP contribution >= 0.6 is 0 Å². The van der Waals surface area contributed by atoms with Gasteiger partial charge >= 0.3 is 11.9 Å². The number of hydrogen-bond donors (Lipinski definition) is 1. The van der Waals surface area contributed by atoms with E-state index in [9.17, 15) is 22.8 Å². The summed E-state index contributed by atoms with van der Waals surface area (Å²) >= 11 is 0. The molecule has 1 N–H and O–H groups in total. The van der Waals surface area contributed by atoms with Crippen molar-refractivity contribution < 1.29 is 18.0 Å². The molecule has 0 aliphatic heterocycles. The number of para-hydroxylation sites is 2. The van der Waals surface area contributed by atoms with Gasteiger partial charge in [-0.25, -0.2) is 4.79 Å². The number of carbonyl (C=O) groups excluding carboxylic acids is 1. The molecule has 0 radical (unpaired) electrons. The first-order chi connectivity index (χ1) is 10.3. The smallest absolute Gasteiger partial charge is 0.347 e. The van der Waals surface area contributed by atoms with Gasteiger partial charge in [-0.1, -0.05) is 12.1 Å². The summed E-state index contributed by atoms with van der Waals surface area (Å²) in [6, 6.07) is 7.10. The fourth-order valence-corrected chi connectivity index (χ4v) is 2.29. The monoisotopic (exact) mass is 315 g/mol. The van der Waals surface area contributed by atoms with Gasteiger partial charge in [-0.15, -0.1) is 0 Å². The number of aryl methyl sites for hydroxylation is 2. The van der Waals surface area contributed by atoms with Gasteiger partial charge < -0.3 is 5.32 Å². The Morgan fingerprint density at radius 2 is 1.77 bits per heavy atom. The number of fused-ring (bicyclic) bond motifs is 1. The van der Waals surface area contributed by atoms with E-state index in [0.29, 0.717) is 12.1 Å². The molecule has 2 aromatic rings. The average Bonchev–Trinajstić information content (AvgIpc) is 2.73. The molecule has 1 amide bonds. The second kappa shape index (κ2) is 6.25. The molecule has 2 rings (SSSR count). The van der Waals surface area contributed by atoms with E-state index >= 15 is 0 Å². The van der Waals surface area contributed by atoms with Crippen LogP contribution in [0.5, 0.6) is 0 Å². The van der Waals surface area contributed by atoms with Crippen molar-refractivity contribution in [2.24, 2.45) is 0 Å². The molecule has 0 fully saturated rings. The topological polar surface area (TPSA) is 56.0 Å². The van der Waals surface area contributed by atoms with E-state index in [-0.39, 0.29) is 18.7 Å². The number of halogens is 3. The van der Waals surface area contributed by atoms with Crippen molar-refractivity contribution >= 4 is 16.9 Å². The lowest BCUT2D eigenvalue weighted by Gasteiger charge is -2.08. The molecule has 0 bridgehead atoms. The lowest BCUT2D eigenvalue weighted by atomic mass is 10.3. The molecule has 1 aromatic heterocycles. The zero-order valence-corrected chi connectivity index (χ0v) is 12.0. The molecule has 0 spiro atoms. The molecular weight excluding hydrogens is 299 g/mol. The zero-order valence-electron chi connectivity index (χ0n) is 12.0. The lowest BCUT2D eigenvalue weighted by Crippen LogP contribution is -2.34. The van der Waals surface area contributed by atoms with Crippen LogP contribution in [0.3, 0.4) is 0 Å². The highest BCUT2D eigenvalue weighted by molar-refractivity contribution is 5.78. The van der Waals surface area contributed by atoms with Crippen molar-refractivity contribution in [1.82, 2.24) is 14.5 Å². The van der Waals surface area contributed by atoms with E-state index in [0.717, 1.165) is 5.52 Å². The number of nitrogens with one attached hydrogen (secondary N) is 1. The Kier molecular flexibility index (Phi) is 4.58. The maximum absolute atomic E-state index is 12.3. The number of amides is 1. The number of benzene rings is 1. The van der Waals surface area contributed by atoms with Gasteiger partial charge in [0.15, 0.2) is 0 Å². The van der Waals surface area contributed by atoms with E-state index < -0.39 is 18.6 Å². The van der Waals surface area contributed by atoms with Gasteiger partial charge in [0.25, 0.3) is 0 Å². The molecule has 120 valence electrons. The lowest BCUT2D eigenvalue weighted by molar-refractivity contribution is -0.138. The highest BCUT2D eigenvalue weighted by Gasteiger charge is 2.27. The van der Waals surface area contributed by atoms with Crippen molar-refractivity contribution in [3.63, 3.8) is 0 Å². The van der Waals surface area contributed by atoms with Gasteiger partial charge in [0, 0.05) is 19.5 Å². The predicted molar refractivity (Wildman–Crippen MR) is 75.6 cm³/mol. The minimum atomic E-state index is -4.44. The number of rotatable bonds is 5. The molecule has 0 atom stereocenters. The van der Waals surface area contributed by atoms with Crippen LogP contribution < -0.4 is 11.0 Å². The maximum Gasteiger partial charge on any atom is 0.405 e. The standard InChI is InChI=1S/C14H16F3N3O2/c1-2-19-10-5-3-4-6-11(10)20(13(19)22)8-7-12(21)18-9-14(15,16)17/h3-6H,2,7-9H2,1H3,(H,18,21). The molecule has 8 heteroatoms. The highest BCUT2D eigenvalue weighted by atomic mass is 19.4. The number of carbonyl (C=O) groups is 1. The van der Waals surface area contributed by atoms with E-state index in [1.807, 2.05) is 6.92 Å². The van der Waals surface area contributed by atoms with Crippen LogP contribution in [-0.2, 0) is 17.9 Å². The van der Waals surface area contributed by atoms with Crippen molar-refractivity contribution in [3.05, 3.63) is 34.7 Å². The molecule has 5 nitrogen and oxygen atoms in total. The van der Waals surface area contributed by atoms with Crippen LogP contribution in [0.25, 0.3) is 11.0 Å². The minimum Gasteiger partial charge on any atom is -0.347 e. The third-order valence-corrected chi connectivity index (χ3v) is 3.29. The average molecular weight is 315 g/mol. The van der Waals surface area contributed by atoms with E-state index in [1.165, 1.54) is 4.57 Å². The van der Waals surface area contributed by atoms with Crippen LogP contribution in [0.15, 0.2) is 29.1 Å². The number of aromatic nitrogens is 2. The predicted octanol–water partition coefficient (Wildman–Crippen LogP) is 1.89. The number of hydrogen-bond acceptors (Lipinski definition) is 2. The Balaban J connectivity index is 2.14. The first-order valence-corrected chi connectivity index (χ1v) is 6.85. The number of nitrogens with zero attached hydrogens (tertiary/aromatic N) is 2. The summed E-state index contributed by atoms with van der Waals surface area (Å²) in [7, 11) is 0. The molecule has 0 saturated carbocycles. The Labute approximate surface area is 124 Å². The zero-order chi connectivity index (χ0) is 16.3. The van der Waals surface area contributed by atoms with Gasteiger partial charge in [-0.05, 0) is 19.1 Å². The van der Waals surface area contributed by atoms with Crippen LogP contribution in [0, 0.1) is 0 Å². The van der Waals surface area contributed by atoms with E-state index in [1.54, 1.807) is 34.1 Å². The summed E-state index contributed by atoms with van der Waals surface area (Å²) < 4.78 is 39.0.